The molecule has 0 unspecified atom stereocenters. The third kappa shape index (κ3) is 2.56. The van der Waals surface area contributed by atoms with Crippen molar-refractivity contribution in [1.82, 2.24) is 4.31 Å². The first-order chi connectivity index (χ1) is 9.37. The van der Waals surface area contributed by atoms with Gasteiger partial charge in [-0.05, 0) is 24.1 Å². The molecule has 0 aliphatic carbocycles. The molecular weight excluding hydrogens is 280 g/mol. The van der Waals surface area contributed by atoms with Gasteiger partial charge in [-0.15, -0.1) is 0 Å². The number of nitrogens with zero attached hydrogens (tertiary/aromatic N) is 2. The fourth-order valence-electron chi connectivity index (χ4n) is 2.29. The third-order valence-electron chi connectivity index (χ3n) is 3.46. The van der Waals surface area contributed by atoms with E-state index in [4.69, 9.17) is 5.11 Å². The van der Waals surface area contributed by atoms with E-state index in [0.717, 1.165) is 16.3 Å². The van der Waals surface area contributed by atoms with Crippen LogP contribution in [-0.4, -0.2) is 50.5 Å². The molecule has 20 heavy (non-hydrogen) atoms. The Morgan fingerprint density at radius 2 is 2.15 bits per heavy atom. The number of rotatable bonds is 4. The average molecular weight is 298 g/mol. The van der Waals surface area contributed by atoms with Crippen LogP contribution in [0.15, 0.2) is 23.1 Å². The number of anilines is 1. The summed E-state index contributed by atoms with van der Waals surface area (Å²) < 4.78 is 25.7. The minimum absolute atomic E-state index is 0.0375. The van der Waals surface area contributed by atoms with Gasteiger partial charge in [0.2, 0.25) is 15.9 Å². The quantitative estimate of drug-likeness (QED) is 0.862. The van der Waals surface area contributed by atoms with Crippen molar-refractivity contribution in [3.8, 4) is 0 Å². The predicted molar refractivity (Wildman–Crippen MR) is 75.1 cm³/mol. The highest BCUT2D eigenvalue weighted by molar-refractivity contribution is 7.89. The molecule has 1 aromatic rings. The number of carbonyl (C=O) groups is 1. The van der Waals surface area contributed by atoms with Gasteiger partial charge in [0.15, 0.2) is 0 Å². The van der Waals surface area contributed by atoms with Crippen LogP contribution >= 0.6 is 0 Å². The first-order valence-electron chi connectivity index (χ1n) is 6.36. The Balaban J connectivity index is 2.41. The van der Waals surface area contributed by atoms with Gasteiger partial charge in [-0.2, -0.15) is 4.31 Å². The summed E-state index contributed by atoms with van der Waals surface area (Å²) in [5.74, 6) is -0.0954. The van der Waals surface area contributed by atoms with Crippen LogP contribution in [0.1, 0.15) is 12.5 Å². The number of hydrogen-bond acceptors (Lipinski definition) is 4. The van der Waals surface area contributed by atoms with Crippen molar-refractivity contribution in [3.05, 3.63) is 23.8 Å². The van der Waals surface area contributed by atoms with Gasteiger partial charge < -0.3 is 10.0 Å². The Morgan fingerprint density at radius 3 is 2.75 bits per heavy atom. The molecule has 0 atom stereocenters. The van der Waals surface area contributed by atoms with Gasteiger partial charge in [-0.3, -0.25) is 4.79 Å². The van der Waals surface area contributed by atoms with Gasteiger partial charge >= 0.3 is 0 Å². The van der Waals surface area contributed by atoms with E-state index >= 15 is 0 Å². The van der Waals surface area contributed by atoms with Crippen molar-refractivity contribution >= 4 is 21.6 Å². The molecule has 0 spiro atoms. The lowest BCUT2D eigenvalue weighted by Gasteiger charge is -2.18. The smallest absolute Gasteiger partial charge is 0.242 e. The molecule has 7 heteroatoms. The van der Waals surface area contributed by atoms with Gasteiger partial charge in [0.1, 0.15) is 0 Å². The Hall–Kier alpha value is -1.44. The second-order valence-corrected chi connectivity index (χ2v) is 6.81. The Labute approximate surface area is 118 Å². The number of sulfonamides is 1. The number of carbonyl (C=O) groups excluding carboxylic acids is 1. The number of amides is 1. The van der Waals surface area contributed by atoms with Crippen LogP contribution in [0.2, 0.25) is 0 Å². The molecule has 1 heterocycles. The van der Waals surface area contributed by atoms with Crippen LogP contribution in [0, 0.1) is 0 Å². The highest BCUT2D eigenvalue weighted by atomic mass is 32.2. The average Bonchev–Trinajstić information content (AvgIpc) is 2.81. The summed E-state index contributed by atoms with van der Waals surface area (Å²) >= 11 is 0. The van der Waals surface area contributed by atoms with Crippen molar-refractivity contribution in [3.63, 3.8) is 0 Å². The molecule has 1 N–H and O–H groups in total. The molecule has 1 aliphatic heterocycles. The van der Waals surface area contributed by atoms with E-state index < -0.39 is 10.0 Å². The standard InChI is InChI=1S/C13H18N2O4S/c1-10(17)15-6-5-11-3-4-12(9-13(11)15)20(18,19)14(2)7-8-16/h3-4,9,16H,5-8H2,1-2H3. The topological polar surface area (TPSA) is 77.9 Å². The summed E-state index contributed by atoms with van der Waals surface area (Å²) in [4.78, 5) is 13.3. The molecular formula is C13H18N2O4S. The molecule has 0 fully saturated rings. The maximum atomic E-state index is 12.3. The summed E-state index contributed by atoms with van der Waals surface area (Å²) in [6, 6.07) is 4.83. The number of aliphatic hydroxyl groups excluding tert-OH is 1. The maximum Gasteiger partial charge on any atom is 0.242 e. The van der Waals surface area contributed by atoms with Crippen LogP contribution in [0.25, 0.3) is 0 Å². The van der Waals surface area contributed by atoms with E-state index in [2.05, 4.69) is 0 Å². The molecule has 0 radical (unpaired) electrons. The Kier molecular flexibility index (Phi) is 4.12. The summed E-state index contributed by atoms with van der Waals surface area (Å²) in [6.45, 7) is 1.85. The predicted octanol–water partition coefficient (Wildman–Crippen LogP) is 0.208. The number of benzene rings is 1. The fraction of sp³-hybridized carbons (Fsp3) is 0.462. The molecule has 110 valence electrons. The van der Waals surface area contributed by atoms with E-state index in [1.54, 1.807) is 17.0 Å². The van der Waals surface area contributed by atoms with Crippen molar-refractivity contribution in [2.75, 3.05) is 31.6 Å². The second-order valence-electron chi connectivity index (χ2n) is 4.76. The zero-order valence-electron chi connectivity index (χ0n) is 11.5. The van der Waals surface area contributed by atoms with E-state index in [1.807, 2.05) is 0 Å². The van der Waals surface area contributed by atoms with E-state index in [-0.39, 0.29) is 24.0 Å². The number of likely N-dealkylation sites (N-methyl/N-ethyl adjacent to an activating group) is 1. The summed E-state index contributed by atoms with van der Waals surface area (Å²) in [5.41, 5.74) is 1.64. The molecule has 1 aliphatic rings. The highest BCUT2D eigenvalue weighted by Crippen LogP contribution is 2.31. The van der Waals surface area contributed by atoms with E-state index in [1.165, 1.54) is 20.0 Å². The first kappa shape index (κ1) is 15.0. The lowest BCUT2D eigenvalue weighted by Crippen LogP contribution is -2.30. The summed E-state index contributed by atoms with van der Waals surface area (Å²) in [6.07, 6.45) is 0.738. The summed E-state index contributed by atoms with van der Waals surface area (Å²) in [5, 5.41) is 8.86. The van der Waals surface area contributed by atoms with Gasteiger partial charge in [-0.1, -0.05) is 6.07 Å². The molecule has 1 amide bonds. The first-order valence-corrected chi connectivity index (χ1v) is 7.80. The lowest BCUT2D eigenvalue weighted by molar-refractivity contribution is -0.116. The van der Waals surface area contributed by atoms with E-state index in [0.29, 0.717) is 12.2 Å². The van der Waals surface area contributed by atoms with Gasteiger partial charge in [0.25, 0.3) is 0 Å². The van der Waals surface area contributed by atoms with E-state index in [9.17, 15) is 13.2 Å². The van der Waals surface area contributed by atoms with Crippen molar-refractivity contribution in [2.45, 2.75) is 18.2 Å². The molecule has 2 rings (SSSR count). The zero-order chi connectivity index (χ0) is 14.9. The van der Waals surface area contributed by atoms with Gasteiger partial charge in [0, 0.05) is 32.7 Å². The third-order valence-corrected chi connectivity index (χ3v) is 5.31. The van der Waals surface area contributed by atoms with Crippen molar-refractivity contribution < 1.29 is 18.3 Å². The monoisotopic (exact) mass is 298 g/mol. The molecule has 0 saturated carbocycles. The molecule has 0 bridgehead atoms. The number of aliphatic hydroxyl groups is 1. The van der Waals surface area contributed by atoms with Crippen molar-refractivity contribution in [1.29, 1.82) is 0 Å². The van der Waals surface area contributed by atoms with Crippen LogP contribution < -0.4 is 4.90 Å². The van der Waals surface area contributed by atoms with Gasteiger partial charge in [-0.25, -0.2) is 8.42 Å². The minimum Gasteiger partial charge on any atom is -0.395 e. The molecule has 6 nitrogen and oxygen atoms in total. The normalized spacial score (nSPS) is 14.7. The fourth-order valence-corrected chi connectivity index (χ4v) is 3.47. The highest BCUT2D eigenvalue weighted by Gasteiger charge is 2.26. The van der Waals surface area contributed by atoms with Crippen LogP contribution in [0.4, 0.5) is 5.69 Å². The Bertz CT molecular complexity index is 627. The second kappa shape index (κ2) is 5.51. The molecule has 0 aromatic heterocycles. The molecule has 1 aromatic carbocycles. The van der Waals surface area contributed by atoms with Crippen LogP contribution in [0.5, 0.6) is 0 Å². The lowest BCUT2D eigenvalue weighted by atomic mass is 10.2. The number of fused-ring (bicyclic) bond motifs is 1. The van der Waals surface area contributed by atoms with Crippen LogP contribution in [-0.2, 0) is 21.2 Å². The largest absolute Gasteiger partial charge is 0.395 e. The maximum absolute atomic E-state index is 12.3. The Morgan fingerprint density at radius 1 is 1.45 bits per heavy atom. The zero-order valence-corrected chi connectivity index (χ0v) is 12.4. The van der Waals surface area contributed by atoms with Gasteiger partial charge in [0.05, 0.1) is 11.5 Å². The SMILES string of the molecule is CC(=O)N1CCc2ccc(S(=O)(=O)N(C)CCO)cc21. The molecule has 0 saturated heterocycles. The number of hydrogen-bond donors (Lipinski definition) is 1. The summed E-state index contributed by atoms with van der Waals surface area (Å²) in [7, 11) is -2.22. The minimum atomic E-state index is -3.64. The van der Waals surface area contributed by atoms with Crippen LogP contribution in [0.3, 0.4) is 0 Å². The van der Waals surface area contributed by atoms with Crippen molar-refractivity contribution in [2.24, 2.45) is 0 Å².